The van der Waals surface area contributed by atoms with Crippen molar-refractivity contribution in [3.05, 3.63) is 58.3 Å². The lowest BCUT2D eigenvalue weighted by atomic mass is 10.2. The summed E-state index contributed by atoms with van der Waals surface area (Å²) >= 11 is 5.07. The maximum absolute atomic E-state index is 13.1. The van der Waals surface area contributed by atoms with E-state index < -0.39 is 0 Å². The van der Waals surface area contributed by atoms with Gasteiger partial charge < -0.3 is 5.73 Å². The monoisotopic (exact) mass is 311 g/mol. The van der Waals surface area contributed by atoms with E-state index in [-0.39, 0.29) is 5.82 Å². The van der Waals surface area contributed by atoms with Crippen LogP contribution in [0.3, 0.4) is 0 Å². The molecule has 2 aromatic rings. The van der Waals surface area contributed by atoms with Gasteiger partial charge in [-0.25, -0.2) is 4.39 Å². The average molecular weight is 312 g/mol. The van der Waals surface area contributed by atoms with E-state index in [4.69, 9.17) is 5.73 Å². The number of anilines is 1. The van der Waals surface area contributed by atoms with Crippen LogP contribution in [-0.4, -0.2) is 0 Å². The zero-order chi connectivity index (χ0) is 12.3. The van der Waals surface area contributed by atoms with Gasteiger partial charge in [0.25, 0.3) is 0 Å². The van der Waals surface area contributed by atoms with Gasteiger partial charge in [0.2, 0.25) is 0 Å². The number of hydrogen-bond acceptors (Lipinski definition) is 2. The highest BCUT2D eigenvalue weighted by atomic mass is 79.9. The van der Waals surface area contributed by atoms with Gasteiger partial charge in [0.15, 0.2) is 0 Å². The summed E-state index contributed by atoms with van der Waals surface area (Å²) in [6.07, 6.45) is 0. The Hall–Kier alpha value is -1.00. The lowest BCUT2D eigenvalue weighted by molar-refractivity contribution is 0.626. The molecule has 4 heteroatoms. The molecule has 2 aromatic carbocycles. The van der Waals surface area contributed by atoms with Crippen molar-refractivity contribution < 1.29 is 4.39 Å². The largest absolute Gasteiger partial charge is 0.399 e. The number of thioether (sulfide) groups is 1. The molecule has 0 atom stereocenters. The Morgan fingerprint density at radius 2 is 1.82 bits per heavy atom. The summed E-state index contributed by atoms with van der Waals surface area (Å²) < 4.78 is 14.0. The first-order chi connectivity index (χ1) is 8.15. The maximum Gasteiger partial charge on any atom is 0.123 e. The van der Waals surface area contributed by atoms with Gasteiger partial charge in [-0.05, 0) is 48.0 Å². The van der Waals surface area contributed by atoms with Crippen molar-refractivity contribution in [3.8, 4) is 0 Å². The molecule has 2 rings (SSSR count). The van der Waals surface area contributed by atoms with E-state index in [9.17, 15) is 4.39 Å². The van der Waals surface area contributed by atoms with Crippen molar-refractivity contribution in [2.75, 3.05) is 5.73 Å². The summed E-state index contributed by atoms with van der Waals surface area (Å²) in [4.78, 5) is 1.12. The standard InChI is InChI=1S/C13H11BrFNS/c14-13-6-1-10(15)7-9(13)8-17-12-4-2-11(16)3-5-12/h1-7H,8,16H2. The third-order valence-corrected chi connectivity index (χ3v) is 4.12. The first-order valence-corrected chi connectivity index (χ1v) is 6.85. The van der Waals surface area contributed by atoms with Crippen LogP contribution in [0.25, 0.3) is 0 Å². The van der Waals surface area contributed by atoms with Crippen molar-refractivity contribution in [1.29, 1.82) is 0 Å². The predicted octanol–water partition coefficient (Wildman–Crippen LogP) is 4.46. The lowest BCUT2D eigenvalue weighted by Crippen LogP contribution is -1.86. The van der Waals surface area contributed by atoms with E-state index in [1.807, 2.05) is 24.3 Å². The van der Waals surface area contributed by atoms with Gasteiger partial charge in [0, 0.05) is 20.8 Å². The molecule has 0 unspecified atom stereocenters. The van der Waals surface area contributed by atoms with Gasteiger partial charge in [0.1, 0.15) is 5.82 Å². The van der Waals surface area contributed by atoms with Gasteiger partial charge in [-0.1, -0.05) is 15.9 Å². The molecule has 88 valence electrons. The quantitative estimate of drug-likeness (QED) is 0.669. The molecule has 0 fully saturated rings. The minimum atomic E-state index is -0.207. The second-order valence-corrected chi connectivity index (χ2v) is 5.50. The van der Waals surface area contributed by atoms with Gasteiger partial charge in [-0.15, -0.1) is 11.8 Å². The summed E-state index contributed by atoms with van der Waals surface area (Å²) in [5.74, 6) is 0.517. The fourth-order valence-electron chi connectivity index (χ4n) is 1.38. The van der Waals surface area contributed by atoms with Crippen molar-refractivity contribution in [2.24, 2.45) is 0 Å². The van der Waals surface area contributed by atoms with E-state index >= 15 is 0 Å². The summed E-state index contributed by atoms with van der Waals surface area (Å²) in [7, 11) is 0. The summed E-state index contributed by atoms with van der Waals surface area (Å²) in [5.41, 5.74) is 7.31. The molecule has 0 aliphatic carbocycles. The molecular weight excluding hydrogens is 301 g/mol. The molecule has 0 saturated carbocycles. The Morgan fingerprint density at radius 1 is 1.12 bits per heavy atom. The van der Waals surface area contributed by atoms with E-state index in [0.717, 1.165) is 26.4 Å². The Bertz CT molecular complexity index is 513. The van der Waals surface area contributed by atoms with Crippen LogP contribution in [0.15, 0.2) is 51.8 Å². The number of nitrogens with two attached hydrogens (primary N) is 1. The van der Waals surface area contributed by atoms with Crippen LogP contribution in [0.5, 0.6) is 0 Å². The highest BCUT2D eigenvalue weighted by molar-refractivity contribution is 9.10. The molecule has 0 spiro atoms. The first-order valence-electron chi connectivity index (χ1n) is 5.07. The molecule has 0 aliphatic rings. The average Bonchev–Trinajstić information content (AvgIpc) is 2.32. The summed E-state index contributed by atoms with van der Waals surface area (Å²) in [5, 5.41) is 0. The zero-order valence-corrected chi connectivity index (χ0v) is 11.4. The van der Waals surface area contributed by atoms with Crippen LogP contribution in [0.4, 0.5) is 10.1 Å². The second kappa shape index (κ2) is 5.56. The molecule has 0 aromatic heterocycles. The Morgan fingerprint density at radius 3 is 2.53 bits per heavy atom. The maximum atomic E-state index is 13.1. The number of rotatable bonds is 3. The zero-order valence-electron chi connectivity index (χ0n) is 8.99. The first kappa shape index (κ1) is 12.5. The Labute approximate surface area is 112 Å². The van der Waals surface area contributed by atoms with E-state index in [1.165, 1.54) is 6.07 Å². The Kier molecular flexibility index (Phi) is 4.07. The molecular formula is C13H11BrFNS. The van der Waals surface area contributed by atoms with Gasteiger partial charge in [-0.3, -0.25) is 0 Å². The fourth-order valence-corrected chi connectivity index (χ4v) is 2.84. The van der Waals surface area contributed by atoms with E-state index in [0.29, 0.717) is 0 Å². The van der Waals surface area contributed by atoms with Crippen LogP contribution in [0, 0.1) is 5.82 Å². The molecule has 17 heavy (non-hydrogen) atoms. The molecule has 0 radical (unpaired) electrons. The highest BCUT2D eigenvalue weighted by Crippen LogP contribution is 2.27. The summed E-state index contributed by atoms with van der Waals surface area (Å²) in [6.45, 7) is 0. The van der Waals surface area contributed by atoms with Crippen molar-refractivity contribution in [3.63, 3.8) is 0 Å². The van der Waals surface area contributed by atoms with Crippen LogP contribution in [0.1, 0.15) is 5.56 Å². The van der Waals surface area contributed by atoms with Crippen LogP contribution in [-0.2, 0) is 5.75 Å². The van der Waals surface area contributed by atoms with Gasteiger partial charge >= 0.3 is 0 Å². The fraction of sp³-hybridized carbons (Fsp3) is 0.0769. The molecule has 2 N–H and O–H groups in total. The van der Waals surface area contributed by atoms with Crippen molar-refractivity contribution in [1.82, 2.24) is 0 Å². The molecule has 0 aliphatic heterocycles. The second-order valence-electron chi connectivity index (χ2n) is 3.59. The summed E-state index contributed by atoms with van der Waals surface area (Å²) in [6, 6.07) is 12.4. The molecule has 0 bridgehead atoms. The van der Waals surface area contributed by atoms with Crippen LogP contribution < -0.4 is 5.73 Å². The SMILES string of the molecule is Nc1ccc(SCc2cc(F)ccc2Br)cc1. The van der Waals surface area contributed by atoms with Crippen molar-refractivity contribution in [2.45, 2.75) is 10.6 Å². The molecule has 0 saturated heterocycles. The van der Waals surface area contributed by atoms with Crippen molar-refractivity contribution >= 4 is 33.4 Å². The number of halogens is 2. The van der Waals surface area contributed by atoms with Crippen LogP contribution >= 0.6 is 27.7 Å². The third kappa shape index (κ3) is 3.48. The third-order valence-electron chi connectivity index (χ3n) is 2.28. The number of nitrogen functional groups attached to an aromatic ring is 1. The minimum absolute atomic E-state index is 0.207. The normalized spacial score (nSPS) is 10.5. The highest BCUT2D eigenvalue weighted by Gasteiger charge is 2.03. The molecule has 0 amide bonds. The predicted molar refractivity (Wildman–Crippen MR) is 74.5 cm³/mol. The van der Waals surface area contributed by atoms with Gasteiger partial charge in [0.05, 0.1) is 0 Å². The lowest BCUT2D eigenvalue weighted by Gasteiger charge is -2.05. The Balaban J connectivity index is 2.07. The van der Waals surface area contributed by atoms with Crippen LogP contribution in [0.2, 0.25) is 0 Å². The topological polar surface area (TPSA) is 26.0 Å². The number of hydrogen-bond donors (Lipinski definition) is 1. The van der Waals surface area contributed by atoms with E-state index in [1.54, 1.807) is 23.9 Å². The molecule has 0 heterocycles. The minimum Gasteiger partial charge on any atom is -0.399 e. The van der Waals surface area contributed by atoms with E-state index in [2.05, 4.69) is 15.9 Å². The van der Waals surface area contributed by atoms with Gasteiger partial charge in [-0.2, -0.15) is 0 Å². The smallest absolute Gasteiger partial charge is 0.123 e. The number of benzene rings is 2. The molecule has 1 nitrogen and oxygen atoms in total.